The van der Waals surface area contributed by atoms with Gasteiger partial charge in [-0.3, -0.25) is 9.67 Å². The van der Waals surface area contributed by atoms with Gasteiger partial charge >= 0.3 is 6.03 Å². The van der Waals surface area contributed by atoms with Crippen LogP contribution in [0.1, 0.15) is 12.6 Å². The number of carbonyl (C=O) groups excluding carboxylic acids is 1. The maximum atomic E-state index is 15.5. The molecule has 4 N–H and O–H groups in total. The summed E-state index contributed by atoms with van der Waals surface area (Å²) < 4.78 is 30.3. The lowest BCUT2D eigenvalue weighted by Crippen LogP contribution is -2.20. The Labute approximate surface area is 189 Å². The molecule has 2 aromatic heterocycles. The summed E-state index contributed by atoms with van der Waals surface area (Å²) in [5.74, 6) is -1.02. The Morgan fingerprint density at radius 2 is 1.85 bits per heavy atom. The van der Waals surface area contributed by atoms with Crippen LogP contribution in [-0.2, 0) is 13.1 Å². The van der Waals surface area contributed by atoms with E-state index in [0.717, 1.165) is 5.56 Å². The predicted molar refractivity (Wildman–Crippen MR) is 123 cm³/mol. The number of nitrogens with two attached hydrogens (primary N) is 1. The van der Waals surface area contributed by atoms with Crippen molar-refractivity contribution in [1.29, 1.82) is 0 Å². The molecule has 2 aromatic carbocycles. The Kier molecular flexibility index (Phi) is 6.41. The Morgan fingerprint density at radius 3 is 2.58 bits per heavy atom. The normalized spacial score (nSPS) is 10.8. The van der Waals surface area contributed by atoms with Crippen LogP contribution in [0.15, 0.2) is 67.0 Å². The minimum Gasteiger partial charge on any atom is -0.325 e. The zero-order valence-electron chi connectivity index (χ0n) is 17.8. The molecule has 0 bridgehead atoms. The largest absolute Gasteiger partial charge is 0.325 e. The molecule has 33 heavy (non-hydrogen) atoms. The fraction of sp³-hybridized carbons (Fsp3) is 0.125. The molecule has 9 heteroatoms. The van der Waals surface area contributed by atoms with Gasteiger partial charge in [0.2, 0.25) is 0 Å². The summed E-state index contributed by atoms with van der Waals surface area (Å²) >= 11 is 0. The molecule has 168 valence electrons. The molecule has 0 atom stereocenters. The van der Waals surface area contributed by atoms with Gasteiger partial charge in [0.05, 0.1) is 11.4 Å². The van der Waals surface area contributed by atoms with Crippen LogP contribution in [0.25, 0.3) is 22.4 Å². The van der Waals surface area contributed by atoms with E-state index in [1.54, 1.807) is 35.3 Å². The second-order valence-corrected chi connectivity index (χ2v) is 7.24. The third kappa shape index (κ3) is 4.88. The van der Waals surface area contributed by atoms with Crippen molar-refractivity contribution in [1.82, 2.24) is 14.8 Å². The third-order valence-electron chi connectivity index (χ3n) is 5.02. The van der Waals surface area contributed by atoms with Crippen LogP contribution in [-0.4, -0.2) is 20.8 Å². The Hall–Kier alpha value is -4.11. The summed E-state index contributed by atoms with van der Waals surface area (Å²) in [4.78, 5) is 16.6. The highest BCUT2D eigenvalue weighted by molar-refractivity contribution is 6.00. The third-order valence-corrected chi connectivity index (χ3v) is 5.02. The van der Waals surface area contributed by atoms with Crippen LogP contribution in [0.2, 0.25) is 0 Å². The number of urea groups is 1. The van der Waals surface area contributed by atoms with Gasteiger partial charge in [-0.05, 0) is 49.4 Å². The van der Waals surface area contributed by atoms with Crippen LogP contribution in [0.4, 0.5) is 25.0 Å². The van der Waals surface area contributed by atoms with Crippen molar-refractivity contribution in [2.45, 2.75) is 20.0 Å². The van der Waals surface area contributed by atoms with Crippen molar-refractivity contribution >= 4 is 17.4 Å². The number of aryl methyl sites for hydroxylation is 1. The fourth-order valence-corrected chi connectivity index (χ4v) is 3.39. The number of rotatable bonds is 6. The van der Waals surface area contributed by atoms with E-state index in [0.29, 0.717) is 29.2 Å². The molecule has 2 heterocycles. The summed E-state index contributed by atoms with van der Waals surface area (Å²) in [6.45, 7) is 2.81. The van der Waals surface area contributed by atoms with E-state index in [4.69, 9.17) is 5.73 Å². The molecular weight excluding hydrogens is 426 g/mol. The van der Waals surface area contributed by atoms with Crippen molar-refractivity contribution in [2.75, 3.05) is 10.6 Å². The SMILES string of the molecule is CCn1cc(-c2cccc(NC(=O)Nc3ccc(F)cc3)c2F)c(-c2ccnc(CN)c2)n1. The van der Waals surface area contributed by atoms with Gasteiger partial charge in [0.15, 0.2) is 5.82 Å². The van der Waals surface area contributed by atoms with Crippen LogP contribution >= 0.6 is 0 Å². The quantitative estimate of drug-likeness (QED) is 0.386. The first kappa shape index (κ1) is 22.1. The number of halogens is 2. The molecule has 0 saturated carbocycles. The highest BCUT2D eigenvalue weighted by atomic mass is 19.1. The van der Waals surface area contributed by atoms with E-state index in [-0.39, 0.29) is 17.8 Å². The second-order valence-electron chi connectivity index (χ2n) is 7.24. The summed E-state index contributed by atoms with van der Waals surface area (Å²) in [6.07, 6.45) is 3.40. The zero-order chi connectivity index (χ0) is 23.4. The highest BCUT2D eigenvalue weighted by Crippen LogP contribution is 2.35. The number of hydrogen-bond donors (Lipinski definition) is 3. The van der Waals surface area contributed by atoms with Gasteiger partial charge in [0.1, 0.15) is 11.5 Å². The molecular formula is C24H22F2N6O. The second kappa shape index (κ2) is 9.58. The standard InChI is InChI=1S/C24H22F2N6O/c1-2-32-14-20(23(31-32)15-10-11-28-18(12-15)13-27)19-4-3-5-21(22(19)26)30-24(33)29-17-8-6-16(25)7-9-17/h3-12,14H,2,13,27H2,1H3,(H2,29,30,33). The summed E-state index contributed by atoms with van der Waals surface area (Å²) in [5, 5.41) is 9.65. The van der Waals surface area contributed by atoms with Gasteiger partial charge in [-0.15, -0.1) is 0 Å². The number of benzene rings is 2. The molecule has 0 aliphatic heterocycles. The van der Waals surface area contributed by atoms with Crippen molar-refractivity contribution < 1.29 is 13.6 Å². The number of pyridine rings is 1. The maximum absolute atomic E-state index is 15.5. The molecule has 0 unspecified atom stereocenters. The highest BCUT2D eigenvalue weighted by Gasteiger charge is 2.19. The fourth-order valence-electron chi connectivity index (χ4n) is 3.39. The molecule has 7 nitrogen and oxygen atoms in total. The van der Waals surface area contributed by atoms with Crippen molar-refractivity contribution in [3.05, 3.63) is 84.3 Å². The first-order chi connectivity index (χ1) is 16.0. The Balaban J connectivity index is 1.66. The smallest absolute Gasteiger partial charge is 0.323 e. The minimum absolute atomic E-state index is 0.000291. The number of nitrogens with zero attached hydrogens (tertiary/aromatic N) is 3. The van der Waals surface area contributed by atoms with Gasteiger partial charge in [-0.25, -0.2) is 13.6 Å². The van der Waals surface area contributed by atoms with E-state index in [1.807, 2.05) is 13.0 Å². The monoisotopic (exact) mass is 448 g/mol. The Bertz CT molecular complexity index is 1290. The van der Waals surface area contributed by atoms with Crippen molar-refractivity contribution in [2.24, 2.45) is 5.73 Å². The number of hydrogen-bond acceptors (Lipinski definition) is 4. The summed E-state index contributed by atoms with van der Waals surface area (Å²) in [7, 11) is 0. The lowest BCUT2D eigenvalue weighted by Gasteiger charge is -2.11. The number of nitrogens with one attached hydrogen (secondary N) is 2. The molecule has 2 amide bonds. The van der Waals surface area contributed by atoms with Gasteiger partial charge < -0.3 is 16.4 Å². The van der Waals surface area contributed by atoms with Gasteiger partial charge in [0, 0.05) is 47.9 Å². The molecule has 4 aromatic rings. The number of anilines is 2. The topological polar surface area (TPSA) is 97.9 Å². The van der Waals surface area contributed by atoms with Crippen LogP contribution in [0, 0.1) is 11.6 Å². The van der Waals surface area contributed by atoms with Crippen LogP contribution < -0.4 is 16.4 Å². The first-order valence-corrected chi connectivity index (χ1v) is 10.3. The van der Waals surface area contributed by atoms with E-state index in [2.05, 4.69) is 20.7 Å². The van der Waals surface area contributed by atoms with Gasteiger partial charge in [0.25, 0.3) is 0 Å². The summed E-state index contributed by atoms with van der Waals surface area (Å²) in [5.41, 5.74) is 9.00. The minimum atomic E-state index is -0.649. The van der Waals surface area contributed by atoms with Crippen LogP contribution in [0.3, 0.4) is 0 Å². The van der Waals surface area contributed by atoms with Crippen LogP contribution in [0.5, 0.6) is 0 Å². The lowest BCUT2D eigenvalue weighted by molar-refractivity contribution is 0.262. The lowest BCUT2D eigenvalue weighted by atomic mass is 10.0. The number of carbonyl (C=O) groups is 1. The van der Waals surface area contributed by atoms with Crippen molar-refractivity contribution in [3.8, 4) is 22.4 Å². The van der Waals surface area contributed by atoms with E-state index in [9.17, 15) is 9.18 Å². The zero-order valence-corrected chi connectivity index (χ0v) is 17.8. The Morgan fingerprint density at radius 1 is 1.06 bits per heavy atom. The van der Waals surface area contributed by atoms with Gasteiger partial charge in [-0.2, -0.15) is 5.10 Å². The van der Waals surface area contributed by atoms with E-state index in [1.165, 1.54) is 30.3 Å². The summed E-state index contributed by atoms with van der Waals surface area (Å²) in [6, 6.07) is 13.0. The predicted octanol–water partition coefficient (Wildman–Crippen LogP) is 5.01. The number of aromatic nitrogens is 3. The van der Waals surface area contributed by atoms with E-state index < -0.39 is 17.7 Å². The number of amides is 2. The van der Waals surface area contributed by atoms with Gasteiger partial charge in [-0.1, -0.05) is 12.1 Å². The molecule has 0 radical (unpaired) electrons. The van der Waals surface area contributed by atoms with E-state index >= 15 is 4.39 Å². The molecule has 4 rings (SSSR count). The maximum Gasteiger partial charge on any atom is 0.323 e. The molecule has 0 spiro atoms. The first-order valence-electron chi connectivity index (χ1n) is 10.3. The van der Waals surface area contributed by atoms with Crippen molar-refractivity contribution in [3.63, 3.8) is 0 Å². The molecule has 0 fully saturated rings. The molecule has 0 aliphatic rings. The molecule has 0 aliphatic carbocycles. The average molecular weight is 448 g/mol. The average Bonchev–Trinajstić information content (AvgIpc) is 3.26. The molecule has 0 saturated heterocycles.